The van der Waals surface area contributed by atoms with Crippen molar-refractivity contribution in [2.75, 3.05) is 14.2 Å². The van der Waals surface area contributed by atoms with Crippen LogP contribution in [0.1, 0.15) is 34.4 Å². The van der Waals surface area contributed by atoms with Crippen LogP contribution in [0, 0.1) is 0 Å². The van der Waals surface area contributed by atoms with E-state index in [0.717, 1.165) is 11.1 Å². The Morgan fingerprint density at radius 3 is 2.47 bits per heavy atom. The molecule has 0 unspecified atom stereocenters. The van der Waals surface area contributed by atoms with Crippen molar-refractivity contribution in [1.82, 2.24) is 14.6 Å². The molecule has 0 amide bonds. The van der Waals surface area contributed by atoms with E-state index >= 15 is 0 Å². The number of Topliss-reactive ketones (excluding diaryl/α,β-unsaturated/α-hetero) is 1. The van der Waals surface area contributed by atoms with Gasteiger partial charge in [-0.25, -0.2) is 0 Å². The highest BCUT2D eigenvalue weighted by Gasteiger charge is 2.11. The zero-order chi connectivity index (χ0) is 25.2. The van der Waals surface area contributed by atoms with Gasteiger partial charge in [0.25, 0.3) is 5.56 Å². The molecule has 0 fully saturated rings. The van der Waals surface area contributed by atoms with E-state index in [0.29, 0.717) is 43.9 Å². The number of rotatable bonds is 7. The number of nitrogens with zero attached hydrogens (tertiary/aromatic N) is 3. The van der Waals surface area contributed by atoms with E-state index in [4.69, 9.17) is 13.9 Å². The number of fused-ring (bicyclic) bond motifs is 1. The van der Waals surface area contributed by atoms with Crippen LogP contribution in [0.3, 0.4) is 0 Å². The van der Waals surface area contributed by atoms with Gasteiger partial charge in [-0.3, -0.25) is 9.59 Å². The number of ketones is 1. The molecular formula is C27H21N3O5S. The Balaban J connectivity index is 1.38. The molecule has 0 N–H and O–H groups in total. The molecule has 0 radical (unpaired) electrons. The van der Waals surface area contributed by atoms with Gasteiger partial charge in [0.05, 0.1) is 14.2 Å². The minimum atomic E-state index is -0.267. The minimum Gasteiger partial charge on any atom is -0.493 e. The Hall–Kier alpha value is -4.50. The summed E-state index contributed by atoms with van der Waals surface area (Å²) < 4.78 is 18.2. The lowest BCUT2D eigenvalue weighted by molar-refractivity contribution is 0.101. The highest BCUT2D eigenvalue weighted by Crippen LogP contribution is 2.28. The molecule has 3 heterocycles. The number of hydrogen-bond donors (Lipinski definition) is 0. The number of thiazole rings is 1. The average molecular weight is 500 g/mol. The molecule has 180 valence electrons. The normalized spacial score (nSPS) is 12.0. The monoisotopic (exact) mass is 499 g/mol. The summed E-state index contributed by atoms with van der Waals surface area (Å²) in [6, 6.07) is 16.3. The predicted molar refractivity (Wildman–Crippen MR) is 139 cm³/mol. The van der Waals surface area contributed by atoms with E-state index in [1.54, 1.807) is 44.6 Å². The molecule has 9 heteroatoms. The first-order valence-electron chi connectivity index (χ1n) is 11.0. The second-order valence-electron chi connectivity index (χ2n) is 7.86. The number of hydrogen-bond acceptors (Lipinski definition) is 8. The molecule has 0 atom stereocenters. The van der Waals surface area contributed by atoms with Crippen LogP contribution in [0.4, 0.5) is 0 Å². The van der Waals surface area contributed by atoms with Gasteiger partial charge in [0.2, 0.25) is 4.96 Å². The maximum absolute atomic E-state index is 12.9. The molecule has 2 aromatic carbocycles. The molecule has 8 nitrogen and oxygen atoms in total. The molecule has 0 saturated carbocycles. The number of benzene rings is 2. The lowest BCUT2D eigenvalue weighted by Crippen LogP contribution is -2.23. The number of ether oxygens (including phenoxy) is 2. The Kier molecular flexibility index (Phi) is 6.22. The molecule has 0 aliphatic heterocycles. The molecule has 0 bridgehead atoms. The quantitative estimate of drug-likeness (QED) is 0.307. The van der Waals surface area contributed by atoms with E-state index in [2.05, 4.69) is 10.1 Å². The minimum absolute atomic E-state index is 0.00826. The first-order chi connectivity index (χ1) is 17.4. The molecular weight excluding hydrogens is 478 g/mol. The fourth-order valence-electron chi connectivity index (χ4n) is 3.63. The first-order valence-corrected chi connectivity index (χ1v) is 11.8. The smallest absolute Gasteiger partial charge is 0.291 e. The molecule has 3 aromatic heterocycles. The molecule has 5 rings (SSSR count). The van der Waals surface area contributed by atoms with Crippen LogP contribution < -0.4 is 19.6 Å². The van der Waals surface area contributed by atoms with Gasteiger partial charge in [-0.2, -0.15) is 9.50 Å². The van der Waals surface area contributed by atoms with E-state index in [-0.39, 0.29) is 11.3 Å². The second kappa shape index (κ2) is 9.63. The molecule has 0 aliphatic carbocycles. The molecule has 0 saturated heterocycles. The zero-order valence-electron chi connectivity index (χ0n) is 19.7. The lowest BCUT2D eigenvalue weighted by atomic mass is 10.1. The van der Waals surface area contributed by atoms with Gasteiger partial charge in [-0.15, -0.1) is 5.10 Å². The van der Waals surface area contributed by atoms with Crippen molar-refractivity contribution < 1.29 is 18.7 Å². The Morgan fingerprint density at radius 2 is 1.78 bits per heavy atom. The predicted octanol–water partition coefficient (Wildman–Crippen LogP) is 4.35. The maximum Gasteiger partial charge on any atom is 0.291 e. The summed E-state index contributed by atoms with van der Waals surface area (Å²) >= 11 is 1.24. The lowest BCUT2D eigenvalue weighted by Gasteiger charge is -2.07. The van der Waals surface area contributed by atoms with Crippen molar-refractivity contribution in [2.45, 2.75) is 6.92 Å². The van der Waals surface area contributed by atoms with Crippen LogP contribution in [0.15, 0.2) is 63.8 Å². The van der Waals surface area contributed by atoms with Crippen LogP contribution in [-0.4, -0.2) is 34.6 Å². The maximum atomic E-state index is 12.9. The largest absolute Gasteiger partial charge is 0.493 e. The van der Waals surface area contributed by atoms with Gasteiger partial charge >= 0.3 is 0 Å². The summed E-state index contributed by atoms with van der Waals surface area (Å²) in [5, 5.41) is 4.32. The summed E-state index contributed by atoms with van der Waals surface area (Å²) in [7, 11) is 3.17. The Bertz CT molecular complexity index is 1710. The first kappa shape index (κ1) is 23.3. The van der Waals surface area contributed by atoms with Gasteiger partial charge < -0.3 is 13.9 Å². The van der Waals surface area contributed by atoms with Gasteiger partial charge in [0, 0.05) is 17.2 Å². The van der Waals surface area contributed by atoms with Crippen molar-refractivity contribution in [1.29, 1.82) is 0 Å². The molecule has 0 aliphatic rings. The van der Waals surface area contributed by atoms with Crippen molar-refractivity contribution in [2.24, 2.45) is 0 Å². The van der Waals surface area contributed by atoms with Crippen LogP contribution in [0.5, 0.6) is 11.5 Å². The number of furan rings is 1. The topological polar surface area (TPSA) is 95.9 Å². The summed E-state index contributed by atoms with van der Waals surface area (Å²) in [5.74, 6) is 2.88. The van der Waals surface area contributed by atoms with Gasteiger partial charge in [-0.1, -0.05) is 47.7 Å². The second-order valence-corrected chi connectivity index (χ2v) is 8.87. The van der Waals surface area contributed by atoms with Crippen LogP contribution in [0.25, 0.3) is 34.5 Å². The third kappa shape index (κ3) is 4.56. The number of carbonyl (C=O) groups excluding carboxylic acids is 1. The van der Waals surface area contributed by atoms with E-state index in [1.165, 1.54) is 22.8 Å². The third-order valence-corrected chi connectivity index (χ3v) is 6.47. The van der Waals surface area contributed by atoms with E-state index in [9.17, 15) is 9.59 Å². The average Bonchev–Trinajstić information content (AvgIpc) is 3.59. The van der Waals surface area contributed by atoms with Crippen molar-refractivity contribution in [3.8, 4) is 22.8 Å². The molecule has 5 aromatic rings. The summed E-state index contributed by atoms with van der Waals surface area (Å²) in [6.45, 7) is 1.53. The Labute approximate surface area is 209 Å². The fraction of sp³-hybridized carbons (Fsp3) is 0.111. The summed E-state index contributed by atoms with van der Waals surface area (Å²) in [5.41, 5.74) is 2.10. The van der Waals surface area contributed by atoms with Gasteiger partial charge in [-0.05, 0) is 42.8 Å². The fourth-order valence-corrected chi connectivity index (χ4v) is 4.53. The summed E-state index contributed by atoms with van der Waals surface area (Å²) in [6.07, 6.45) is 5.25. The molecule has 0 spiro atoms. The van der Waals surface area contributed by atoms with E-state index in [1.807, 2.05) is 42.5 Å². The number of carbonyl (C=O) groups is 1. The van der Waals surface area contributed by atoms with Crippen molar-refractivity contribution in [3.63, 3.8) is 0 Å². The van der Waals surface area contributed by atoms with Gasteiger partial charge in [0.15, 0.2) is 23.1 Å². The number of methoxy groups -OCH3 is 2. The standard InChI is InChI=1S/C27H21N3O5S/c1-16(31)18-6-8-19(9-7-18)21-12-10-20(35-21)15-24-26(32)30-27(36-24)28-25(29-30)13-5-17-4-11-22(33-2)23(14-17)34-3/h4-15H,1-3H3/b13-5+,24-15-. The Morgan fingerprint density at radius 1 is 1.00 bits per heavy atom. The third-order valence-electron chi connectivity index (χ3n) is 5.51. The zero-order valence-corrected chi connectivity index (χ0v) is 20.5. The van der Waals surface area contributed by atoms with Crippen LogP contribution in [-0.2, 0) is 0 Å². The highest BCUT2D eigenvalue weighted by molar-refractivity contribution is 7.15. The van der Waals surface area contributed by atoms with Gasteiger partial charge in [0.1, 0.15) is 16.1 Å². The summed E-state index contributed by atoms with van der Waals surface area (Å²) in [4.78, 5) is 29.3. The molecule has 36 heavy (non-hydrogen) atoms. The van der Waals surface area contributed by atoms with E-state index < -0.39 is 0 Å². The van der Waals surface area contributed by atoms with Crippen LogP contribution in [0.2, 0.25) is 0 Å². The van der Waals surface area contributed by atoms with Crippen molar-refractivity contribution in [3.05, 3.63) is 92.2 Å². The van der Waals surface area contributed by atoms with Crippen LogP contribution >= 0.6 is 11.3 Å². The van der Waals surface area contributed by atoms with Crippen molar-refractivity contribution >= 4 is 40.3 Å². The SMILES string of the molecule is COc1ccc(/C=C/c2nc3s/c(=C\c4ccc(-c5ccc(C(C)=O)cc5)o4)c(=O)n3n2)cc1OC. The number of aromatic nitrogens is 3. The highest BCUT2D eigenvalue weighted by atomic mass is 32.1.